The third kappa shape index (κ3) is 5.59. The largest absolute Gasteiger partial charge is 0.466 e. The Labute approximate surface area is 121 Å². The zero-order chi connectivity index (χ0) is 16.1. The summed E-state index contributed by atoms with van der Waals surface area (Å²) >= 11 is 0. The Morgan fingerprint density at radius 1 is 0.800 bits per heavy atom. The molecule has 4 heteroatoms. The average molecular weight is 282 g/mol. The Morgan fingerprint density at radius 2 is 1.30 bits per heavy atom. The van der Waals surface area contributed by atoms with Gasteiger partial charge in [0.2, 0.25) is 0 Å². The van der Waals surface area contributed by atoms with E-state index >= 15 is 0 Å². The molecule has 0 aromatic heterocycles. The fraction of sp³-hybridized carbons (Fsp3) is 0.625. The Kier molecular flexibility index (Phi) is 6.20. The average Bonchev–Trinajstić information content (AvgIpc) is 2.29. The van der Waals surface area contributed by atoms with Gasteiger partial charge >= 0.3 is 11.9 Å². The zero-order valence-electron chi connectivity index (χ0n) is 13.8. The normalized spacial score (nSPS) is 14.0. The first-order valence-corrected chi connectivity index (χ1v) is 6.54. The minimum Gasteiger partial charge on any atom is -0.466 e. The number of hydrogen-bond donors (Lipinski definition) is 0. The summed E-state index contributed by atoms with van der Waals surface area (Å²) < 4.78 is 9.50. The van der Waals surface area contributed by atoms with Crippen molar-refractivity contribution in [3.8, 4) is 0 Å². The second kappa shape index (κ2) is 6.73. The van der Waals surface area contributed by atoms with Crippen molar-refractivity contribution in [1.82, 2.24) is 0 Å². The van der Waals surface area contributed by atoms with Crippen LogP contribution in [-0.2, 0) is 19.1 Å². The molecule has 0 amide bonds. The zero-order valence-corrected chi connectivity index (χ0v) is 13.8. The van der Waals surface area contributed by atoms with E-state index < -0.39 is 11.9 Å². The van der Waals surface area contributed by atoms with Gasteiger partial charge in [0.1, 0.15) is 0 Å². The molecule has 0 aromatic rings. The first kappa shape index (κ1) is 18.4. The van der Waals surface area contributed by atoms with E-state index in [0.717, 1.165) is 5.57 Å². The molecular weight excluding hydrogens is 256 g/mol. The summed E-state index contributed by atoms with van der Waals surface area (Å²) in [6, 6.07) is 0. The van der Waals surface area contributed by atoms with E-state index in [4.69, 9.17) is 4.74 Å². The maximum atomic E-state index is 11.9. The molecule has 0 unspecified atom stereocenters. The highest BCUT2D eigenvalue weighted by molar-refractivity contribution is 5.91. The molecule has 0 aliphatic heterocycles. The molecule has 4 nitrogen and oxygen atoms in total. The SMILES string of the molecule is COC(=O)C=C(/C=C(\C(=O)OC)C(C)(C)C)C(C)(C)C. The van der Waals surface area contributed by atoms with Crippen LogP contribution in [0.4, 0.5) is 0 Å². The van der Waals surface area contributed by atoms with E-state index in [0.29, 0.717) is 5.57 Å². The van der Waals surface area contributed by atoms with E-state index in [-0.39, 0.29) is 10.8 Å². The second-order valence-electron chi connectivity index (χ2n) is 6.67. The molecule has 0 bridgehead atoms. The lowest BCUT2D eigenvalue weighted by molar-refractivity contribution is -0.137. The number of hydrogen-bond acceptors (Lipinski definition) is 4. The van der Waals surface area contributed by atoms with Crippen LogP contribution in [0.5, 0.6) is 0 Å². The van der Waals surface area contributed by atoms with Gasteiger partial charge in [-0.2, -0.15) is 0 Å². The van der Waals surface area contributed by atoms with Crippen molar-refractivity contribution >= 4 is 11.9 Å². The van der Waals surface area contributed by atoms with E-state index in [9.17, 15) is 9.59 Å². The highest BCUT2D eigenvalue weighted by Gasteiger charge is 2.27. The molecule has 114 valence electrons. The molecule has 0 radical (unpaired) electrons. The number of carbonyl (C=O) groups is 2. The minimum atomic E-state index is -0.440. The molecule has 0 heterocycles. The Morgan fingerprint density at radius 3 is 1.60 bits per heavy atom. The van der Waals surface area contributed by atoms with Gasteiger partial charge in [0.25, 0.3) is 0 Å². The monoisotopic (exact) mass is 282 g/mol. The van der Waals surface area contributed by atoms with Crippen molar-refractivity contribution in [2.45, 2.75) is 41.5 Å². The maximum absolute atomic E-state index is 11.9. The highest BCUT2D eigenvalue weighted by Crippen LogP contribution is 2.33. The van der Waals surface area contributed by atoms with Crippen molar-refractivity contribution in [3.63, 3.8) is 0 Å². The predicted octanol–water partition coefficient (Wildman–Crippen LogP) is 3.28. The van der Waals surface area contributed by atoms with E-state index in [1.54, 1.807) is 6.08 Å². The standard InChI is InChI=1S/C16H26O4/c1-15(2,3)11(10-13(17)19-7)9-12(14(18)20-8)16(4,5)6/h9-10H,1-8H3/b11-10?,12-9+. The molecule has 0 rings (SSSR count). The van der Waals surface area contributed by atoms with Gasteiger partial charge in [-0.15, -0.1) is 0 Å². The lowest BCUT2D eigenvalue weighted by Gasteiger charge is -2.25. The summed E-state index contributed by atoms with van der Waals surface area (Å²) in [6.45, 7) is 11.7. The summed E-state index contributed by atoms with van der Waals surface area (Å²) in [4.78, 5) is 23.4. The van der Waals surface area contributed by atoms with Crippen LogP contribution >= 0.6 is 0 Å². The van der Waals surface area contributed by atoms with Crippen molar-refractivity contribution in [1.29, 1.82) is 0 Å². The number of allylic oxidation sites excluding steroid dienone is 2. The van der Waals surface area contributed by atoms with Crippen LogP contribution in [0.25, 0.3) is 0 Å². The first-order valence-electron chi connectivity index (χ1n) is 6.54. The number of ether oxygens (including phenoxy) is 2. The molecule has 0 N–H and O–H groups in total. The van der Waals surface area contributed by atoms with Crippen LogP contribution in [0.3, 0.4) is 0 Å². The summed E-state index contributed by atoms with van der Waals surface area (Å²) in [5.41, 5.74) is 0.566. The smallest absolute Gasteiger partial charge is 0.334 e. The summed E-state index contributed by atoms with van der Waals surface area (Å²) in [6.07, 6.45) is 3.14. The predicted molar refractivity (Wildman–Crippen MR) is 79.1 cm³/mol. The quantitative estimate of drug-likeness (QED) is 0.453. The molecule has 0 saturated carbocycles. The minimum absolute atomic E-state index is 0.293. The van der Waals surface area contributed by atoms with Gasteiger partial charge in [-0.1, -0.05) is 41.5 Å². The van der Waals surface area contributed by atoms with Gasteiger partial charge in [-0.25, -0.2) is 9.59 Å². The van der Waals surface area contributed by atoms with Gasteiger partial charge in [-0.3, -0.25) is 0 Å². The van der Waals surface area contributed by atoms with Crippen LogP contribution < -0.4 is 0 Å². The van der Waals surface area contributed by atoms with Crippen molar-refractivity contribution in [3.05, 3.63) is 23.3 Å². The molecule has 0 aliphatic rings. The van der Waals surface area contributed by atoms with E-state index in [2.05, 4.69) is 4.74 Å². The van der Waals surface area contributed by atoms with Crippen LogP contribution in [0.2, 0.25) is 0 Å². The second-order valence-corrected chi connectivity index (χ2v) is 6.67. The topological polar surface area (TPSA) is 52.6 Å². The number of carbonyl (C=O) groups excluding carboxylic acids is 2. The van der Waals surface area contributed by atoms with Crippen molar-refractivity contribution < 1.29 is 19.1 Å². The lowest BCUT2D eigenvalue weighted by Crippen LogP contribution is -2.21. The van der Waals surface area contributed by atoms with E-state index in [1.165, 1.54) is 20.3 Å². The molecule has 0 saturated heterocycles. The molecule has 0 fully saturated rings. The maximum Gasteiger partial charge on any atom is 0.334 e. The van der Waals surface area contributed by atoms with Gasteiger partial charge in [0.15, 0.2) is 0 Å². The Bertz CT molecular complexity index is 428. The number of rotatable bonds is 3. The summed E-state index contributed by atoms with van der Waals surface area (Å²) in [7, 11) is 2.68. The van der Waals surface area contributed by atoms with Crippen molar-refractivity contribution in [2.75, 3.05) is 14.2 Å². The fourth-order valence-electron chi connectivity index (χ4n) is 1.51. The van der Waals surface area contributed by atoms with Crippen LogP contribution in [0.15, 0.2) is 23.3 Å². The highest BCUT2D eigenvalue weighted by atomic mass is 16.5. The molecule has 0 spiro atoms. The van der Waals surface area contributed by atoms with Gasteiger partial charge in [-0.05, 0) is 22.5 Å². The summed E-state index contributed by atoms with van der Waals surface area (Å²) in [5.74, 6) is -0.832. The fourth-order valence-corrected chi connectivity index (χ4v) is 1.51. The third-order valence-electron chi connectivity index (χ3n) is 2.85. The third-order valence-corrected chi connectivity index (χ3v) is 2.85. The van der Waals surface area contributed by atoms with Gasteiger partial charge in [0, 0.05) is 11.6 Å². The first-order chi connectivity index (χ1) is 8.93. The Balaban J connectivity index is 5.92. The lowest BCUT2D eigenvalue weighted by atomic mass is 9.80. The number of esters is 2. The molecular formula is C16H26O4. The van der Waals surface area contributed by atoms with E-state index in [1.807, 2.05) is 41.5 Å². The molecule has 0 aliphatic carbocycles. The van der Waals surface area contributed by atoms with Gasteiger partial charge in [0.05, 0.1) is 14.2 Å². The molecule has 20 heavy (non-hydrogen) atoms. The van der Waals surface area contributed by atoms with Crippen LogP contribution in [0, 0.1) is 10.8 Å². The summed E-state index contributed by atoms with van der Waals surface area (Å²) in [5, 5.41) is 0. The molecule has 0 aromatic carbocycles. The Hall–Kier alpha value is -1.58. The van der Waals surface area contributed by atoms with Crippen molar-refractivity contribution in [2.24, 2.45) is 10.8 Å². The number of methoxy groups -OCH3 is 2. The van der Waals surface area contributed by atoms with Gasteiger partial charge < -0.3 is 9.47 Å². The van der Waals surface area contributed by atoms with Crippen LogP contribution in [-0.4, -0.2) is 26.2 Å². The van der Waals surface area contributed by atoms with Crippen LogP contribution in [0.1, 0.15) is 41.5 Å². The molecule has 0 atom stereocenters.